The molecule has 0 saturated heterocycles. The Morgan fingerprint density at radius 2 is 2.00 bits per heavy atom. The van der Waals surface area contributed by atoms with Crippen molar-refractivity contribution in [3.63, 3.8) is 0 Å². The summed E-state index contributed by atoms with van der Waals surface area (Å²) in [4.78, 5) is 35.1. The summed E-state index contributed by atoms with van der Waals surface area (Å²) in [5.41, 5.74) is 0.731. The van der Waals surface area contributed by atoms with Crippen molar-refractivity contribution in [2.45, 2.75) is 12.8 Å². The molecule has 0 fully saturated rings. The van der Waals surface area contributed by atoms with Gasteiger partial charge in [0.1, 0.15) is 5.70 Å². The number of furan rings is 1. The molecule has 0 aliphatic carbocycles. The van der Waals surface area contributed by atoms with Gasteiger partial charge in [0.05, 0.1) is 6.26 Å². The van der Waals surface area contributed by atoms with Crippen molar-refractivity contribution in [2.75, 3.05) is 6.54 Å². The van der Waals surface area contributed by atoms with E-state index in [4.69, 9.17) is 9.52 Å². The van der Waals surface area contributed by atoms with E-state index in [-0.39, 0.29) is 30.8 Å². The third-order valence-electron chi connectivity index (χ3n) is 3.25. The van der Waals surface area contributed by atoms with Crippen molar-refractivity contribution in [3.05, 3.63) is 64.2 Å². The number of nitrogens with one attached hydrogen (secondary N) is 2. The molecule has 1 heterocycles. The van der Waals surface area contributed by atoms with Crippen molar-refractivity contribution < 1.29 is 23.9 Å². The number of rotatable bonds is 8. The molecule has 0 radical (unpaired) electrons. The van der Waals surface area contributed by atoms with Crippen LogP contribution >= 0.6 is 15.9 Å². The van der Waals surface area contributed by atoms with E-state index in [9.17, 15) is 14.4 Å². The zero-order valence-electron chi connectivity index (χ0n) is 13.7. The molecule has 3 N–H and O–H groups in total. The van der Waals surface area contributed by atoms with Crippen LogP contribution in [0, 0.1) is 0 Å². The van der Waals surface area contributed by atoms with Gasteiger partial charge in [0.15, 0.2) is 5.76 Å². The topological polar surface area (TPSA) is 109 Å². The van der Waals surface area contributed by atoms with Gasteiger partial charge in [-0.3, -0.25) is 14.4 Å². The first kappa shape index (κ1) is 19.5. The van der Waals surface area contributed by atoms with Gasteiger partial charge >= 0.3 is 5.97 Å². The maximum Gasteiger partial charge on any atom is 0.303 e. The summed E-state index contributed by atoms with van der Waals surface area (Å²) in [5, 5.41) is 13.8. The normalized spacial score (nSPS) is 11.0. The summed E-state index contributed by atoms with van der Waals surface area (Å²) in [7, 11) is 0. The van der Waals surface area contributed by atoms with Crippen LogP contribution in [0.3, 0.4) is 0 Å². The minimum atomic E-state index is -0.935. The van der Waals surface area contributed by atoms with Crippen molar-refractivity contribution in [1.82, 2.24) is 10.6 Å². The largest absolute Gasteiger partial charge is 0.481 e. The van der Waals surface area contributed by atoms with Gasteiger partial charge in [-0.2, -0.15) is 0 Å². The maximum atomic E-state index is 12.4. The van der Waals surface area contributed by atoms with Gasteiger partial charge in [-0.15, -0.1) is 0 Å². The summed E-state index contributed by atoms with van der Waals surface area (Å²) in [6, 6.07) is 10.3. The zero-order chi connectivity index (χ0) is 18.9. The van der Waals surface area contributed by atoms with Crippen LogP contribution in [0.4, 0.5) is 0 Å². The molecule has 0 bridgehead atoms. The number of halogens is 1. The molecule has 136 valence electrons. The third-order valence-corrected chi connectivity index (χ3v) is 3.74. The van der Waals surface area contributed by atoms with E-state index < -0.39 is 17.8 Å². The van der Waals surface area contributed by atoms with Gasteiger partial charge < -0.3 is 20.2 Å². The molecule has 0 aliphatic heterocycles. The van der Waals surface area contributed by atoms with E-state index in [1.54, 1.807) is 24.3 Å². The molecule has 1 aromatic carbocycles. The van der Waals surface area contributed by atoms with E-state index in [1.807, 2.05) is 6.07 Å². The number of hydrogen-bond acceptors (Lipinski definition) is 4. The molecule has 0 spiro atoms. The predicted molar refractivity (Wildman–Crippen MR) is 98.2 cm³/mol. The van der Waals surface area contributed by atoms with E-state index in [0.717, 1.165) is 4.47 Å². The smallest absolute Gasteiger partial charge is 0.303 e. The number of hydrogen-bond donors (Lipinski definition) is 3. The summed E-state index contributed by atoms with van der Waals surface area (Å²) < 4.78 is 5.85. The van der Waals surface area contributed by atoms with Gasteiger partial charge in [-0.05, 0) is 42.3 Å². The first-order chi connectivity index (χ1) is 12.5. The highest BCUT2D eigenvalue weighted by atomic mass is 79.9. The highest BCUT2D eigenvalue weighted by molar-refractivity contribution is 9.10. The van der Waals surface area contributed by atoms with E-state index >= 15 is 0 Å². The zero-order valence-corrected chi connectivity index (χ0v) is 15.3. The number of aliphatic carboxylic acids is 1. The van der Waals surface area contributed by atoms with Crippen LogP contribution in [0.1, 0.15) is 29.0 Å². The molecule has 2 rings (SSSR count). The number of carboxylic acid groups (broad SMARTS) is 1. The van der Waals surface area contributed by atoms with Crippen LogP contribution in [-0.2, 0) is 9.59 Å². The highest BCUT2D eigenvalue weighted by Gasteiger charge is 2.16. The lowest BCUT2D eigenvalue weighted by Crippen LogP contribution is -2.35. The Morgan fingerprint density at radius 1 is 1.19 bits per heavy atom. The van der Waals surface area contributed by atoms with Gasteiger partial charge in [0.25, 0.3) is 11.8 Å². The SMILES string of the molecule is O=C(O)CCCNC(=O)/C(=C\c1cccc(Br)c1)NC(=O)c1ccco1. The molecule has 0 aliphatic rings. The van der Waals surface area contributed by atoms with Gasteiger partial charge in [-0.25, -0.2) is 0 Å². The summed E-state index contributed by atoms with van der Waals surface area (Å²) in [5.74, 6) is -1.94. The Hall–Kier alpha value is -2.87. The third kappa shape index (κ3) is 6.21. The second-order valence-electron chi connectivity index (χ2n) is 5.30. The van der Waals surface area contributed by atoms with Gasteiger partial charge in [0.2, 0.25) is 0 Å². The Balaban J connectivity index is 2.13. The average Bonchev–Trinajstić information content (AvgIpc) is 3.12. The number of carbonyl (C=O) groups excluding carboxylic acids is 2. The van der Waals surface area contributed by atoms with Gasteiger partial charge in [0, 0.05) is 17.4 Å². The summed E-state index contributed by atoms with van der Waals surface area (Å²) >= 11 is 3.35. The Morgan fingerprint density at radius 3 is 2.65 bits per heavy atom. The lowest BCUT2D eigenvalue weighted by atomic mass is 10.2. The molecular formula is C18H17BrN2O5. The number of carboxylic acids is 1. The van der Waals surface area contributed by atoms with Crippen LogP contribution in [0.25, 0.3) is 6.08 Å². The van der Waals surface area contributed by atoms with Crippen molar-refractivity contribution >= 4 is 39.8 Å². The second kappa shape index (κ2) is 9.57. The second-order valence-corrected chi connectivity index (χ2v) is 6.21. The van der Waals surface area contributed by atoms with Crippen LogP contribution in [0.15, 0.2) is 57.2 Å². The lowest BCUT2D eigenvalue weighted by molar-refractivity contribution is -0.137. The average molecular weight is 421 g/mol. The van der Waals surface area contributed by atoms with Crippen LogP contribution in [0.2, 0.25) is 0 Å². The summed E-state index contributed by atoms with van der Waals surface area (Å²) in [6.07, 6.45) is 3.12. The van der Waals surface area contributed by atoms with E-state index in [2.05, 4.69) is 26.6 Å². The molecule has 8 heteroatoms. The van der Waals surface area contributed by atoms with E-state index in [1.165, 1.54) is 18.4 Å². The standard InChI is InChI=1S/C18H17BrN2O5/c19-13-5-1-4-12(10-13)11-14(17(24)20-8-2-7-16(22)23)21-18(25)15-6-3-9-26-15/h1,3-6,9-11H,2,7-8H2,(H,20,24)(H,21,25)(H,22,23)/b14-11+. The molecule has 2 amide bonds. The molecule has 0 saturated carbocycles. The van der Waals surface area contributed by atoms with Crippen LogP contribution in [-0.4, -0.2) is 29.4 Å². The van der Waals surface area contributed by atoms with Crippen molar-refractivity contribution in [2.24, 2.45) is 0 Å². The quantitative estimate of drug-likeness (QED) is 0.449. The number of carbonyl (C=O) groups is 3. The van der Waals surface area contributed by atoms with Crippen LogP contribution in [0.5, 0.6) is 0 Å². The Labute approximate surface area is 158 Å². The molecule has 7 nitrogen and oxygen atoms in total. The van der Waals surface area contributed by atoms with Gasteiger partial charge in [-0.1, -0.05) is 28.1 Å². The minimum Gasteiger partial charge on any atom is -0.481 e. The lowest BCUT2D eigenvalue weighted by Gasteiger charge is -2.10. The monoisotopic (exact) mass is 420 g/mol. The minimum absolute atomic E-state index is 0.0276. The predicted octanol–water partition coefficient (Wildman–Crippen LogP) is 2.79. The Bertz CT molecular complexity index is 815. The van der Waals surface area contributed by atoms with Crippen molar-refractivity contribution in [3.8, 4) is 0 Å². The fraction of sp³-hybridized carbons (Fsp3) is 0.167. The molecule has 0 atom stereocenters. The first-order valence-corrected chi connectivity index (χ1v) is 8.57. The fourth-order valence-corrected chi connectivity index (χ4v) is 2.47. The number of amides is 2. The van der Waals surface area contributed by atoms with Crippen LogP contribution < -0.4 is 10.6 Å². The van der Waals surface area contributed by atoms with E-state index in [0.29, 0.717) is 5.56 Å². The fourth-order valence-electron chi connectivity index (χ4n) is 2.05. The molecule has 2 aromatic rings. The highest BCUT2D eigenvalue weighted by Crippen LogP contribution is 2.14. The first-order valence-electron chi connectivity index (χ1n) is 7.78. The molecular weight excluding hydrogens is 404 g/mol. The number of benzene rings is 1. The molecule has 26 heavy (non-hydrogen) atoms. The Kier molecular flexibility index (Phi) is 7.16. The maximum absolute atomic E-state index is 12.4. The molecule has 1 aromatic heterocycles. The van der Waals surface area contributed by atoms with Crippen molar-refractivity contribution in [1.29, 1.82) is 0 Å². The molecule has 0 unspecified atom stereocenters. The summed E-state index contributed by atoms with van der Waals surface area (Å²) in [6.45, 7) is 0.178.